The van der Waals surface area contributed by atoms with Crippen molar-refractivity contribution in [2.45, 2.75) is 45.8 Å². The van der Waals surface area contributed by atoms with Gasteiger partial charge in [0.2, 0.25) is 0 Å². The van der Waals surface area contributed by atoms with Gasteiger partial charge >= 0.3 is 12.2 Å². The number of benzene rings is 3. The number of piperazine rings is 1. The number of amides is 2. The molecule has 0 aromatic heterocycles. The number of anilines is 1. The Morgan fingerprint density at radius 2 is 1.62 bits per heavy atom. The van der Waals surface area contributed by atoms with Crippen LogP contribution in [0, 0.1) is 6.92 Å². The molecular weight excluding hydrogens is 532 g/mol. The van der Waals surface area contributed by atoms with Crippen molar-refractivity contribution < 1.29 is 19.1 Å². The molecular formula is C32H36N6O4. The van der Waals surface area contributed by atoms with Crippen molar-refractivity contribution in [1.29, 1.82) is 0 Å². The molecule has 0 spiro atoms. The van der Waals surface area contributed by atoms with Crippen LogP contribution < -0.4 is 10.2 Å². The molecule has 1 saturated heterocycles. The van der Waals surface area contributed by atoms with Crippen LogP contribution in [0.1, 0.15) is 48.9 Å². The Morgan fingerprint density at radius 1 is 1.00 bits per heavy atom. The fourth-order valence-electron chi connectivity index (χ4n) is 5.55. The van der Waals surface area contributed by atoms with Crippen LogP contribution in [-0.4, -0.2) is 55.5 Å². The zero-order valence-corrected chi connectivity index (χ0v) is 24.5. The van der Waals surface area contributed by atoms with Crippen molar-refractivity contribution in [2.24, 2.45) is 5.11 Å². The summed E-state index contributed by atoms with van der Waals surface area (Å²) in [6, 6.07) is 20.3. The van der Waals surface area contributed by atoms with Gasteiger partial charge in [0.25, 0.3) is 0 Å². The van der Waals surface area contributed by atoms with Crippen molar-refractivity contribution >= 4 is 23.6 Å². The van der Waals surface area contributed by atoms with Gasteiger partial charge < -0.3 is 24.6 Å². The van der Waals surface area contributed by atoms with Gasteiger partial charge in [0.1, 0.15) is 12.2 Å². The summed E-state index contributed by atoms with van der Waals surface area (Å²) < 4.78 is 11.2. The highest BCUT2D eigenvalue weighted by molar-refractivity contribution is 5.79. The summed E-state index contributed by atoms with van der Waals surface area (Å²) in [6.07, 6.45) is -0.841. The Balaban J connectivity index is 1.23. The molecule has 5 rings (SSSR count). The summed E-state index contributed by atoms with van der Waals surface area (Å²) >= 11 is 0. The van der Waals surface area contributed by atoms with E-state index >= 15 is 0 Å². The quantitative estimate of drug-likeness (QED) is 0.194. The van der Waals surface area contributed by atoms with Gasteiger partial charge in [-0.05, 0) is 78.7 Å². The highest BCUT2D eigenvalue weighted by atomic mass is 16.6. The molecule has 0 saturated carbocycles. The average molecular weight is 569 g/mol. The van der Waals surface area contributed by atoms with Gasteiger partial charge in [-0.15, -0.1) is 0 Å². The molecule has 0 unspecified atom stereocenters. The maximum atomic E-state index is 12.8. The predicted octanol–water partition coefficient (Wildman–Crippen LogP) is 7.03. The first kappa shape index (κ1) is 28.8. The second-order valence-electron chi connectivity index (χ2n) is 11.6. The van der Waals surface area contributed by atoms with Crippen LogP contribution >= 0.6 is 0 Å². The van der Waals surface area contributed by atoms with Crippen molar-refractivity contribution in [3.8, 4) is 11.1 Å². The molecule has 0 bridgehead atoms. The van der Waals surface area contributed by atoms with Gasteiger partial charge in [-0.1, -0.05) is 53.6 Å². The predicted molar refractivity (Wildman–Crippen MR) is 162 cm³/mol. The molecule has 1 heterocycles. The fourth-order valence-corrected chi connectivity index (χ4v) is 5.55. The summed E-state index contributed by atoms with van der Waals surface area (Å²) in [5.41, 5.74) is 16.2. The first-order chi connectivity index (χ1) is 20.1. The lowest BCUT2D eigenvalue weighted by molar-refractivity contribution is 0.0240. The number of hydrogen-bond donors (Lipinski definition) is 1. The van der Waals surface area contributed by atoms with Crippen LogP contribution in [0.2, 0.25) is 0 Å². The smallest absolute Gasteiger partial charge is 0.410 e. The molecule has 3 aromatic rings. The first-order valence-corrected chi connectivity index (χ1v) is 14.1. The molecule has 42 heavy (non-hydrogen) atoms. The number of nitrogens with one attached hydrogen (secondary N) is 1. The number of rotatable bonds is 6. The van der Waals surface area contributed by atoms with Gasteiger partial charge in [-0.25, -0.2) is 9.59 Å². The van der Waals surface area contributed by atoms with Gasteiger partial charge in [0.15, 0.2) is 0 Å². The van der Waals surface area contributed by atoms with Crippen molar-refractivity contribution in [3.63, 3.8) is 0 Å². The molecule has 218 valence electrons. The highest BCUT2D eigenvalue weighted by Gasteiger charge is 2.29. The number of nitrogens with zero attached hydrogens (tertiary/aromatic N) is 5. The van der Waals surface area contributed by atoms with E-state index in [0.717, 1.165) is 27.9 Å². The summed E-state index contributed by atoms with van der Waals surface area (Å²) in [6.45, 7) is 10.1. The number of ether oxygens (including phenoxy) is 2. The van der Waals surface area contributed by atoms with Crippen molar-refractivity contribution in [2.75, 3.05) is 37.7 Å². The number of fused-ring (bicyclic) bond motifs is 3. The van der Waals surface area contributed by atoms with E-state index in [-0.39, 0.29) is 25.2 Å². The van der Waals surface area contributed by atoms with Crippen LogP contribution in [-0.2, 0) is 16.0 Å². The van der Waals surface area contributed by atoms with Gasteiger partial charge in [-0.3, -0.25) is 0 Å². The Labute approximate surface area is 245 Å². The standard InChI is InChI=1S/C32H36N6O4/c1-21-22(17-23(18-29(21)35-36-33)37-13-15-38(16-14-37)31(40)42-32(2,3)4)19-34-30(39)41-20-28-26-11-7-5-9-24(26)25-10-6-8-12-27(25)28/h5-12,17-18,28H,13-16,19-20H2,1-4H3,(H,34,39). The van der Waals surface area contributed by atoms with Crippen LogP contribution in [0.5, 0.6) is 0 Å². The monoisotopic (exact) mass is 568 g/mol. The maximum absolute atomic E-state index is 12.8. The van der Waals surface area contributed by atoms with Gasteiger partial charge in [0, 0.05) is 54.9 Å². The molecule has 1 N–H and O–H groups in total. The average Bonchev–Trinajstić information content (AvgIpc) is 3.29. The van der Waals surface area contributed by atoms with Gasteiger partial charge in [-0.2, -0.15) is 0 Å². The lowest BCUT2D eigenvalue weighted by Gasteiger charge is -2.37. The minimum Gasteiger partial charge on any atom is -0.449 e. The third-order valence-electron chi connectivity index (χ3n) is 7.69. The molecule has 0 atom stereocenters. The van der Waals surface area contributed by atoms with Crippen LogP contribution in [0.3, 0.4) is 0 Å². The highest BCUT2D eigenvalue weighted by Crippen LogP contribution is 2.44. The second-order valence-corrected chi connectivity index (χ2v) is 11.6. The SMILES string of the molecule is Cc1c(CNC(=O)OCC2c3ccccc3-c3ccccc32)cc(N2CCN(C(=O)OC(C)(C)C)CC2)cc1N=[N+]=[N-]. The molecule has 1 aliphatic heterocycles. The molecule has 10 heteroatoms. The van der Waals surface area contributed by atoms with E-state index in [4.69, 9.17) is 15.0 Å². The summed E-state index contributed by atoms with van der Waals surface area (Å²) in [5.74, 6) is -0.0240. The number of alkyl carbamates (subject to hydrolysis) is 1. The van der Waals surface area contributed by atoms with E-state index in [1.54, 1.807) is 4.90 Å². The summed E-state index contributed by atoms with van der Waals surface area (Å²) in [4.78, 5) is 32.1. The second kappa shape index (κ2) is 12.0. The fraction of sp³-hybridized carbons (Fsp3) is 0.375. The minimum absolute atomic E-state index is 0.0240. The van der Waals surface area contributed by atoms with E-state index in [2.05, 4.69) is 44.5 Å². The topological polar surface area (TPSA) is 120 Å². The molecule has 2 aliphatic rings. The normalized spacial score (nSPS) is 14.5. The molecule has 2 amide bonds. The van der Waals surface area contributed by atoms with E-state index < -0.39 is 11.7 Å². The third-order valence-corrected chi connectivity index (χ3v) is 7.69. The molecule has 0 radical (unpaired) electrons. The van der Waals surface area contributed by atoms with E-state index in [1.165, 1.54) is 11.1 Å². The van der Waals surface area contributed by atoms with E-state index in [1.807, 2.05) is 64.1 Å². The third kappa shape index (κ3) is 6.29. The molecule has 1 fully saturated rings. The van der Waals surface area contributed by atoms with Crippen LogP contribution in [0.25, 0.3) is 21.6 Å². The molecule has 3 aromatic carbocycles. The Kier molecular flexibility index (Phi) is 8.27. The summed E-state index contributed by atoms with van der Waals surface area (Å²) in [5, 5.41) is 6.76. The van der Waals surface area contributed by atoms with Gasteiger partial charge in [0.05, 0.1) is 0 Å². The maximum Gasteiger partial charge on any atom is 0.410 e. The lowest BCUT2D eigenvalue weighted by Crippen LogP contribution is -2.50. The number of azide groups is 1. The number of carbonyl (C=O) groups excluding carboxylic acids is 2. The zero-order chi connectivity index (χ0) is 29.9. The largest absolute Gasteiger partial charge is 0.449 e. The number of hydrogen-bond acceptors (Lipinski definition) is 6. The van der Waals surface area contributed by atoms with E-state index in [0.29, 0.717) is 31.9 Å². The Morgan fingerprint density at radius 3 is 2.21 bits per heavy atom. The number of carbonyl (C=O) groups is 2. The van der Waals surface area contributed by atoms with E-state index in [9.17, 15) is 9.59 Å². The first-order valence-electron chi connectivity index (χ1n) is 14.1. The summed E-state index contributed by atoms with van der Waals surface area (Å²) in [7, 11) is 0. The Hall–Kier alpha value is -4.69. The lowest BCUT2D eigenvalue weighted by atomic mass is 9.98. The van der Waals surface area contributed by atoms with Crippen LogP contribution in [0.15, 0.2) is 65.8 Å². The van der Waals surface area contributed by atoms with Crippen LogP contribution in [0.4, 0.5) is 21.0 Å². The minimum atomic E-state index is -0.551. The molecule has 10 nitrogen and oxygen atoms in total. The Bertz CT molecular complexity index is 1490. The molecule has 1 aliphatic carbocycles. The van der Waals surface area contributed by atoms with Crippen molar-refractivity contribution in [1.82, 2.24) is 10.2 Å². The van der Waals surface area contributed by atoms with Crippen molar-refractivity contribution in [3.05, 3.63) is 93.4 Å². The zero-order valence-electron chi connectivity index (χ0n) is 24.5.